The van der Waals surface area contributed by atoms with E-state index in [2.05, 4.69) is 4.98 Å². The molecular weight excluding hydrogens is 352 g/mol. The van der Waals surface area contributed by atoms with Crippen molar-refractivity contribution in [3.8, 4) is 17.2 Å². The molecule has 0 aliphatic heterocycles. The molecule has 0 N–H and O–H groups in total. The van der Waals surface area contributed by atoms with Gasteiger partial charge in [0.15, 0.2) is 0 Å². The first kappa shape index (κ1) is 18.0. The van der Waals surface area contributed by atoms with Crippen molar-refractivity contribution >= 4 is 11.6 Å². The normalized spacial score (nSPS) is 10.6. The van der Waals surface area contributed by atoms with Gasteiger partial charge in [-0.2, -0.15) is 0 Å². The number of aromatic nitrogens is 2. The monoisotopic (exact) mass is 370 g/mol. The number of hydrogen-bond donors (Lipinski definition) is 0. The van der Waals surface area contributed by atoms with E-state index < -0.39 is 0 Å². The maximum Gasteiger partial charge on any atom is 0.259 e. The van der Waals surface area contributed by atoms with Crippen molar-refractivity contribution in [2.24, 2.45) is 0 Å². The largest absolute Gasteiger partial charge is 0.497 e. The molecule has 0 radical (unpaired) electrons. The van der Waals surface area contributed by atoms with Gasteiger partial charge < -0.3 is 9.47 Å². The lowest BCUT2D eigenvalue weighted by Gasteiger charge is -2.14. The summed E-state index contributed by atoms with van der Waals surface area (Å²) in [5.41, 5.74) is 3.15. The fourth-order valence-electron chi connectivity index (χ4n) is 2.68. The zero-order chi connectivity index (χ0) is 18.7. The van der Waals surface area contributed by atoms with Gasteiger partial charge in [0, 0.05) is 24.0 Å². The molecule has 3 aromatic rings. The summed E-state index contributed by atoms with van der Waals surface area (Å²) >= 11 is 5.98. The third-order valence-electron chi connectivity index (χ3n) is 4.04. The number of ether oxygens (including phenoxy) is 2. The summed E-state index contributed by atoms with van der Waals surface area (Å²) in [6, 6.07) is 12.6. The minimum atomic E-state index is -0.180. The van der Waals surface area contributed by atoms with E-state index in [0.29, 0.717) is 23.2 Å². The van der Waals surface area contributed by atoms with Gasteiger partial charge in [-0.3, -0.25) is 9.36 Å². The first-order valence-electron chi connectivity index (χ1n) is 8.10. The summed E-state index contributed by atoms with van der Waals surface area (Å²) in [4.78, 5) is 16.7. The Kier molecular flexibility index (Phi) is 5.28. The molecule has 3 rings (SSSR count). The van der Waals surface area contributed by atoms with Crippen molar-refractivity contribution < 1.29 is 9.47 Å². The summed E-state index contributed by atoms with van der Waals surface area (Å²) in [6.07, 6.45) is 1.65. The number of methoxy groups -OCH3 is 1. The highest BCUT2D eigenvalue weighted by Gasteiger charge is 2.10. The predicted octanol–water partition coefficient (Wildman–Crippen LogP) is 4.09. The molecule has 2 aromatic heterocycles. The predicted molar refractivity (Wildman–Crippen MR) is 102 cm³/mol. The van der Waals surface area contributed by atoms with Crippen molar-refractivity contribution in [1.29, 1.82) is 0 Å². The average Bonchev–Trinajstić information content (AvgIpc) is 2.62. The van der Waals surface area contributed by atoms with Gasteiger partial charge in [-0.15, -0.1) is 0 Å². The maximum absolute atomic E-state index is 12.6. The Morgan fingerprint density at radius 2 is 1.81 bits per heavy atom. The lowest BCUT2D eigenvalue weighted by molar-refractivity contribution is 0.304. The van der Waals surface area contributed by atoms with E-state index in [0.717, 1.165) is 22.6 Å². The fourth-order valence-corrected chi connectivity index (χ4v) is 2.83. The Bertz CT molecular complexity index is 981. The molecule has 0 spiro atoms. The third-order valence-corrected chi connectivity index (χ3v) is 4.24. The summed E-state index contributed by atoms with van der Waals surface area (Å²) in [7, 11) is 1.63. The summed E-state index contributed by atoms with van der Waals surface area (Å²) in [6.45, 7) is 4.11. The molecule has 26 heavy (non-hydrogen) atoms. The Morgan fingerprint density at radius 3 is 2.46 bits per heavy atom. The van der Waals surface area contributed by atoms with E-state index in [1.807, 2.05) is 44.2 Å². The molecule has 0 amide bonds. The van der Waals surface area contributed by atoms with Crippen molar-refractivity contribution in [3.05, 3.63) is 81.0 Å². The van der Waals surface area contributed by atoms with Gasteiger partial charge in [0.2, 0.25) is 0 Å². The highest BCUT2D eigenvalue weighted by Crippen LogP contribution is 2.20. The van der Waals surface area contributed by atoms with Crippen LogP contribution in [0.1, 0.15) is 16.8 Å². The Hall–Kier alpha value is -2.79. The second kappa shape index (κ2) is 7.62. The molecule has 0 aliphatic rings. The molecule has 0 aliphatic carbocycles. The summed E-state index contributed by atoms with van der Waals surface area (Å²) in [5.74, 6) is 1.32. The average molecular weight is 371 g/mol. The SMILES string of the molecule is COc1ccc(COc2cc(C)n(-c3cc(Cl)ncc3C)c(=O)c2)cc1. The number of pyridine rings is 2. The summed E-state index contributed by atoms with van der Waals surface area (Å²) < 4.78 is 12.5. The fraction of sp³-hybridized carbons (Fsp3) is 0.200. The number of benzene rings is 1. The van der Waals surface area contributed by atoms with E-state index in [-0.39, 0.29) is 5.56 Å². The number of halogens is 1. The Morgan fingerprint density at radius 1 is 1.08 bits per heavy atom. The third kappa shape index (κ3) is 3.89. The Labute approximate surface area is 156 Å². The molecule has 0 bridgehead atoms. The zero-order valence-corrected chi connectivity index (χ0v) is 15.6. The van der Waals surface area contributed by atoms with Crippen LogP contribution in [0.25, 0.3) is 5.69 Å². The maximum atomic E-state index is 12.6. The van der Waals surface area contributed by atoms with Gasteiger partial charge in [-0.05, 0) is 43.2 Å². The van der Waals surface area contributed by atoms with Crippen LogP contribution >= 0.6 is 11.6 Å². The van der Waals surface area contributed by atoms with E-state index in [1.54, 1.807) is 23.9 Å². The topological polar surface area (TPSA) is 53.4 Å². The number of nitrogens with zero attached hydrogens (tertiary/aromatic N) is 2. The van der Waals surface area contributed by atoms with Gasteiger partial charge in [-0.1, -0.05) is 23.7 Å². The lowest BCUT2D eigenvalue weighted by atomic mass is 10.2. The van der Waals surface area contributed by atoms with Crippen LogP contribution in [0.4, 0.5) is 0 Å². The summed E-state index contributed by atoms with van der Waals surface area (Å²) in [5, 5.41) is 0.344. The molecule has 0 saturated carbocycles. The van der Waals surface area contributed by atoms with Crippen LogP contribution in [-0.4, -0.2) is 16.7 Å². The highest BCUT2D eigenvalue weighted by molar-refractivity contribution is 6.29. The number of aryl methyl sites for hydroxylation is 2. The van der Waals surface area contributed by atoms with Crippen LogP contribution < -0.4 is 15.0 Å². The highest BCUT2D eigenvalue weighted by atomic mass is 35.5. The minimum absolute atomic E-state index is 0.180. The van der Waals surface area contributed by atoms with E-state index >= 15 is 0 Å². The molecule has 0 unspecified atom stereocenters. The minimum Gasteiger partial charge on any atom is -0.497 e. The smallest absolute Gasteiger partial charge is 0.259 e. The van der Waals surface area contributed by atoms with Gasteiger partial charge in [0.25, 0.3) is 5.56 Å². The molecule has 2 heterocycles. The second-order valence-corrected chi connectivity index (χ2v) is 6.32. The molecule has 0 saturated heterocycles. The Balaban J connectivity index is 1.85. The molecule has 5 nitrogen and oxygen atoms in total. The van der Waals surface area contributed by atoms with Crippen LogP contribution in [0.3, 0.4) is 0 Å². The molecule has 134 valence electrons. The van der Waals surface area contributed by atoms with Gasteiger partial charge in [-0.25, -0.2) is 4.98 Å². The van der Waals surface area contributed by atoms with Gasteiger partial charge in [0.1, 0.15) is 23.3 Å². The number of rotatable bonds is 5. The van der Waals surface area contributed by atoms with Crippen LogP contribution in [0, 0.1) is 13.8 Å². The van der Waals surface area contributed by atoms with E-state index in [1.165, 1.54) is 6.07 Å². The molecular formula is C20H19ClN2O3. The number of hydrogen-bond acceptors (Lipinski definition) is 4. The van der Waals surface area contributed by atoms with Crippen molar-refractivity contribution in [1.82, 2.24) is 9.55 Å². The first-order valence-corrected chi connectivity index (χ1v) is 8.47. The second-order valence-electron chi connectivity index (χ2n) is 5.94. The molecule has 0 fully saturated rings. The van der Waals surface area contributed by atoms with E-state index in [9.17, 15) is 4.79 Å². The lowest BCUT2D eigenvalue weighted by Crippen LogP contribution is -2.21. The van der Waals surface area contributed by atoms with Gasteiger partial charge in [0.05, 0.1) is 12.8 Å². The van der Waals surface area contributed by atoms with Crippen LogP contribution in [0.2, 0.25) is 5.15 Å². The van der Waals surface area contributed by atoms with E-state index in [4.69, 9.17) is 21.1 Å². The standard InChI is InChI=1S/C20H19ClN2O3/c1-13-11-22-19(21)10-18(13)23-14(2)8-17(9-20(23)24)26-12-15-4-6-16(25-3)7-5-15/h4-11H,12H2,1-3H3. The quantitative estimate of drug-likeness (QED) is 0.635. The van der Waals surface area contributed by atoms with Crippen molar-refractivity contribution in [2.45, 2.75) is 20.5 Å². The molecule has 1 aromatic carbocycles. The van der Waals surface area contributed by atoms with Gasteiger partial charge >= 0.3 is 0 Å². The first-order chi connectivity index (χ1) is 12.5. The van der Waals surface area contributed by atoms with Crippen molar-refractivity contribution in [2.75, 3.05) is 7.11 Å². The van der Waals surface area contributed by atoms with Crippen LogP contribution in [0.5, 0.6) is 11.5 Å². The zero-order valence-electron chi connectivity index (χ0n) is 14.8. The van der Waals surface area contributed by atoms with Crippen molar-refractivity contribution in [3.63, 3.8) is 0 Å². The molecule has 0 atom stereocenters. The molecule has 6 heteroatoms. The van der Waals surface area contributed by atoms with Crippen LogP contribution in [-0.2, 0) is 6.61 Å². The van der Waals surface area contributed by atoms with Crippen LogP contribution in [0.15, 0.2) is 53.5 Å².